The third-order valence-corrected chi connectivity index (χ3v) is 7.21. The lowest BCUT2D eigenvalue weighted by atomic mass is 9.91. The molecule has 1 heterocycles. The molecule has 2 aromatic carbocycles. The number of ether oxygens (including phenoxy) is 1. The molecule has 0 atom stereocenters. The number of esters is 1. The fourth-order valence-corrected chi connectivity index (χ4v) is 4.78. The number of aromatic nitrogens is 3. The van der Waals surface area contributed by atoms with E-state index in [0.717, 1.165) is 12.1 Å². The Kier molecular flexibility index (Phi) is 11.8. The van der Waals surface area contributed by atoms with Gasteiger partial charge in [-0.3, -0.25) is 4.79 Å². The monoisotopic (exact) mass is 576 g/mol. The summed E-state index contributed by atoms with van der Waals surface area (Å²) in [5, 5.41) is 7.85. The Morgan fingerprint density at radius 1 is 0.810 bits per heavy atom. The first-order valence-corrected chi connectivity index (χ1v) is 14.8. The molecule has 42 heavy (non-hydrogen) atoms. The highest BCUT2D eigenvalue weighted by Crippen LogP contribution is 2.22. The van der Waals surface area contributed by atoms with Crippen molar-refractivity contribution in [1.29, 1.82) is 0 Å². The van der Waals surface area contributed by atoms with Crippen LogP contribution in [0.2, 0.25) is 0 Å². The normalized spacial score (nSPS) is 11.6. The van der Waals surface area contributed by atoms with Crippen molar-refractivity contribution in [1.82, 2.24) is 20.1 Å². The maximum Gasteiger partial charge on any atom is 0.376 e. The van der Waals surface area contributed by atoms with Crippen molar-refractivity contribution in [2.45, 2.75) is 109 Å². The van der Waals surface area contributed by atoms with Gasteiger partial charge in [0.2, 0.25) is 5.82 Å². The lowest BCUT2D eigenvalue weighted by Crippen LogP contribution is -2.32. The van der Waals surface area contributed by atoms with Gasteiger partial charge in [-0.25, -0.2) is 14.5 Å². The van der Waals surface area contributed by atoms with Crippen molar-refractivity contribution in [2.75, 3.05) is 13.2 Å². The summed E-state index contributed by atoms with van der Waals surface area (Å²) in [7, 11) is 0. The maximum absolute atomic E-state index is 12.3. The molecule has 0 aliphatic heterocycles. The van der Waals surface area contributed by atoms with Crippen LogP contribution in [-0.4, -0.2) is 39.7 Å². The van der Waals surface area contributed by atoms with E-state index in [2.05, 4.69) is 81.2 Å². The first-order valence-electron chi connectivity index (χ1n) is 14.8. The second kappa shape index (κ2) is 14.2. The van der Waals surface area contributed by atoms with Crippen LogP contribution in [0.4, 0.5) is 0 Å². The van der Waals surface area contributed by atoms with E-state index in [1.54, 1.807) is 11.6 Å². The zero-order valence-electron chi connectivity index (χ0n) is 28.2. The lowest BCUT2D eigenvalue weighted by Gasteiger charge is -2.18. The highest BCUT2D eigenvalue weighted by atomic mass is 16.5. The average molecular weight is 577 g/mol. The standard InChI is InChI=1S/C19H27N3O2.C16H25NO/c1-8-24-17(23)16-20-18(19(5,6)7)21-22(16)11-15-13(3)9-12(2)10-14(15)4;1-11-7-12(2)14(13(3)8-11)9-17-10-15(18)16(4,5)6/h9-10H,8,11H2,1-7H3;7-8,17H,9-10H2,1-6H3. The number of aryl methyl sites for hydroxylation is 6. The van der Waals surface area contributed by atoms with Gasteiger partial charge in [-0.2, -0.15) is 5.10 Å². The number of hydrogen-bond donors (Lipinski definition) is 1. The molecule has 0 fully saturated rings. The van der Waals surface area contributed by atoms with Gasteiger partial charge >= 0.3 is 5.97 Å². The summed E-state index contributed by atoms with van der Waals surface area (Å²) >= 11 is 0. The number of hydrogen-bond acceptors (Lipinski definition) is 6. The van der Waals surface area contributed by atoms with Crippen LogP contribution in [0, 0.1) is 47.0 Å². The predicted octanol–water partition coefficient (Wildman–Crippen LogP) is 7.04. The summed E-state index contributed by atoms with van der Waals surface area (Å²) in [6.07, 6.45) is 0. The molecule has 1 aromatic heterocycles. The van der Waals surface area contributed by atoms with Crippen molar-refractivity contribution >= 4 is 11.8 Å². The third kappa shape index (κ3) is 9.62. The van der Waals surface area contributed by atoms with Crippen molar-refractivity contribution in [2.24, 2.45) is 5.41 Å². The molecule has 1 N–H and O–H groups in total. The average Bonchev–Trinajstić information content (AvgIpc) is 3.27. The van der Waals surface area contributed by atoms with E-state index in [1.165, 1.54) is 38.9 Å². The zero-order chi connectivity index (χ0) is 32.0. The molecule has 0 unspecified atom stereocenters. The second-order valence-corrected chi connectivity index (χ2v) is 13.4. The molecule has 230 valence electrons. The number of benzene rings is 2. The molecule has 7 heteroatoms. The molecule has 0 aliphatic rings. The van der Waals surface area contributed by atoms with Crippen LogP contribution in [0.3, 0.4) is 0 Å². The summed E-state index contributed by atoms with van der Waals surface area (Å²) in [4.78, 5) is 28.5. The van der Waals surface area contributed by atoms with Crippen LogP contribution >= 0.6 is 0 Å². The van der Waals surface area contributed by atoms with Gasteiger partial charge < -0.3 is 10.1 Å². The smallest absolute Gasteiger partial charge is 0.376 e. The highest BCUT2D eigenvalue weighted by molar-refractivity contribution is 5.85. The molecular weight excluding hydrogens is 524 g/mol. The number of nitrogens with one attached hydrogen (secondary N) is 1. The molecule has 0 saturated carbocycles. The van der Waals surface area contributed by atoms with E-state index in [0.29, 0.717) is 25.5 Å². The topological polar surface area (TPSA) is 86.1 Å². The van der Waals surface area contributed by atoms with Gasteiger partial charge in [-0.1, -0.05) is 76.9 Å². The lowest BCUT2D eigenvalue weighted by molar-refractivity contribution is -0.125. The van der Waals surface area contributed by atoms with E-state index in [-0.39, 0.29) is 22.4 Å². The van der Waals surface area contributed by atoms with Gasteiger partial charge in [0.05, 0.1) is 19.7 Å². The molecule has 0 bridgehead atoms. The van der Waals surface area contributed by atoms with Gasteiger partial charge in [0.1, 0.15) is 0 Å². The van der Waals surface area contributed by atoms with Crippen LogP contribution in [-0.2, 0) is 28.0 Å². The van der Waals surface area contributed by atoms with Crippen LogP contribution < -0.4 is 5.32 Å². The van der Waals surface area contributed by atoms with Crippen molar-refractivity contribution in [3.8, 4) is 0 Å². The SMILES string of the molecule is CCOC(=O)c1nc(C(C)(C)C)nn1Cc1c(C)cc(C)cc1C.Cc1cc(C)c(CNCC(=O)C(C)(C)C)c(C)c1. The molecule has 0 radical (unpaired) electrons. The fourth-order valence-electron chi connectivity index (χ4n) is 4.78. The van der Waals surface area contributed by atoms with Gasteiger partial charge in [0.25, 0.3) is 0 Å². The minimum absolute atomic E-state index is 0.232. The molecule has 3 rings (SSSR count). The third-order valence-electron chi connectivity index (χ3n) is 7.21. The Morgan fingerprint density at radius 3 is 1.71 bits per heavy atom. The molecule has 0 amide bonds. The first kappa shape index (κ1) is 34.9. The van der Waals surface area contributed by atoms with Gasteiger partial charge in [0.15, 0.2) is 11.6 Å². The maximum atomic E-state index is 12.3. The van der Waals surface area contributed by atoms with Gasteiger partial charge in [-0.15, -0.1) is 0 Å². The number of Topliss-reactive ketones (excluding diaryl/α,β-unsaturated/α-hetero) is 1. The number of carbonyl (C=O) groups is 2. The van der Waals surface area contributed by atoms with E-state index >= 15 is 0 Å². The molecular formula is C35H52N4O3. The number of carbonyl (C=O) groups excluding carboxylic acids is 2. The molecule has 0 saturated heterocycles. The van der Waals surface area contributed by atoms with E-state index in [1.807, 2.05) is 41.5 Å². The van der Waals surface area contributed by atoms with E-state index in [9.17, 15) is 9.59 Å². The molecule has 3 aromatic rings. The van der Waals surface area contributed by atoms with E-state index in [4.69, 9.17) is 4.74 Å². The zero-order valence-corrected chi connectivity index (χ0v) is 28.2. The van der Waals surface area contributed by atoms with Gasteiger partial charge in [-0.05, 0) is 81.8 Å². The number of rotatable bonds is 8. The predicted molar refractivity (Wildman–Crippen MR) is 171 cm³/mol. The Bertz CT molecular complexity index is 1360. The molecule has 7 nitrogen and oxygen atoms in total. The summed E-state index contributed by atoms with van der Waals surface area (Å²) in [6, 6.07) is 8.67. The van der Waals surface area contributed by atoms with Crippen LogP contribution in [0.25, 0.3) is 0 Å². The largest absolute Gasteiger partial charge is 0.460 e. The van der Waals surface area contributed by atoms with Crippen LogP contribution in [0.1, 0.15) is 109 Å². The number of ketones is 1. The summed E-state index contributed by atoms with van der Waals surface area (Å²) in [5.41, 5.74) is 9.47. The second-order valence-electron chi connectivity index (χ2n) is 13.4. The Labute approximate surface area is 253 Å². The highest BCUT2D eigenvalue weighted by Gasteiger charge is 2.26. The Morgan fingerprint density at radius 2 is 1.29 bits per heavy atom. The molecule has 0 spiro atoms. The first-order chi connectivity index (χ1) is 19.3. The van der Waals surface area contributed by atoms with Crippen molar-refractivity contribution in [3.05, 3.63) is 80.4 Å². The summed E-state index contributed by atoms with van der Waals surface area (Å²) in [5.74, 6) is 0.738. The Hall–Kier alpha value is -3.32. The van der Waals surface area contributed by atoms with Gasteiger partial charge in [0, 0.05) is 17.4 Å². The van der Waals surface area contributed by atoms with E-state index < -0.39 is 5.97 Å². The Balaban J connectivity index is 0.000000307. The molecule has 0 aliphatic carbocycles. The fraction of sp³-hybridized carbons (Fsp3) is 0.543. The summed E-state index contributed by atoms with van der Waals surface area (Å²) in [6.45, 7) is 28.4. The van der Waals surface area contributed by atoms with Crippen LogP contribution in [0.5, 0.6) is 0 Å². The minimum Gasteiger partial charge on any atom is -0.460 e. The van der Waals surface area contributed by atoms with Crippen molar-refractivity contribution in [3.63, 3.8) is 0 Å². The van der Waals surface area contributed by atoms with Crippen molar-refractivity contribution < 1.29 is 14.3 Å². The summed E-state index contributed by atoms with van der Waals surface area (Å²) < 4.78 is 6.82. The van der Waals surface area contributed by atoms with Crippen LogP contribution in [0.15, 0.2) is 24.3 Å². The quantitative estimate of drug-likeness (QED) is 0.290. The number of nitrogens with zero attached hydrogens (tertiary/aromatic N) is 3. The minimum atomic E-state index is -0.428.